The lowest BCUT2D eigenvalue weighted by Crippen LogP contribution is -2.24. The van der Waals surface area contributed by atoms with Crippen LogP contribution in [0.4, 0.5) is 16.0 Å². The molecule has 1 N–H and O–H groups in total. The first-order valence-electron chi connectivity index (χ1n) is 12.1. The van der Waals surface area contributed by atoms with Gasteiger partial charge in [-0.1, -0.05) is 18.2 Å². The number of nitrogens with one attached hydrogen (secondary N) is 1. The van der Waals surface area contributed by atoms with Crippen molar-refractivity contribution in [1.29, 1.82) is 0 Å². The van der Waals surface area contributed by atoms with Crippen molar-refractivity contribution in [3.63, 3.8) is 0 Å². The molecule has 0 amide bonds. The lowest BCUT2D eigenvalue weighted by Gasteiger charge is -2.26. The second-order valence-corrected chi connectivity index (χ2v) is 11.0. The third-order valence-corrected chi connectivity index (χ3v) is 7.07. The number of aromatic nitrogens is 5. The van der Waals surface area contributed by atoms with Crippen LogP contribution in [0, 0.1) is 5.82 Å². The van der Waals surface area contributed by atoms with Gasteiger partial charge in [-0.15, -0.1) is 5.10 Å². The number of pyridine rings is 2. The van der Waals surface area contributed by atoms with Gasteiger partial charge in [0.1, 0.15) is 23.1 Å². The number of rotatable bonds is 6. The SMILES string of the molecule is CS(=O)(=O)Nc1cc(-c2cccc(-c3cnc4ccc(N5CCC[C@@H]5c5cccc(F)c5)nn34)n2)ccn1. The fourth-order valence-electron chi connectivity index (χ4n) is 4.87. The Labute approximate surface area is 219 Å². The van der Waals surface area contributed by atoms with Crippen molar-refractivity contribution in [3.8, 4) is 22.6 Å². The Bertz CT molecular complexity index is 1760. The molecule has 1 atom stereocenters. The maximum absolute atomic E-state index is 13.9. The lowest BCUT2D eigenvalue weighted by atomic mass is 10.0. The van der Waals surface area contributed by atoms with Gasteiger partial charge >= 0.3 is 0 Å². The molecule has 11 heteroatoms. The van der Waals surface area contributed by atoms with E-state index in [-0.39, 0.29) is 17.7 Å². The quantitative estimate of drug-likeness (QED) is 0.340. The largest absolute Gasteiger partial charge is 0.348 e. The van der Waals surface area contributed by atoms with Crippen LogP contribution in [-0.2, 0) is 10.0 Å². The third-order valence-electron chi connectivity index (χ3n) is 6.49. The molecule has 0 bridgehead atoms. The first kappa shape index (κ1) is 24.0. The van der Waals surface area contributed by atoms with E-state index >= 15 is 0 Å². The van der Waals surface area contributed by atoms with Crippen molar-refractivity contribution in [2.75, 3.05) is 22.4 Å². The van der Waals surface area contributed by atoms with Gasteiger partial charge in [0, 0.05) is 18.3 Å². The highest BCUT2D eigenvalue weighted by Gasteiger charge is 2.28. The second-order valence-electron chi connectivity index (χ2n) is 9.22. The predicted molar refractivity (Wildman–Crippen MR) is 144 cm³/mol. The highest BCUT2D eigenvalue weighted by Crippen LogP contribution is 2.36. The van der Waals surface area contributed by atoms with Crippen LogP contribution < -0.4 is 9.62 Å². The molecule has 1 aromatic carbocycles. The van der Waals surface area contributed by atoms with Crippen LogP contribution >= 0.6 is 0 Å². The minimum atomic E-state index is -3.45. The number of anilines is 2. The van der Waals surface area contributed by atoms with Gasteiger partial charge in [-0.25, -0.2) is 32.3 Å². The van der Waals surface area contributed by atoms with Gasteiger partial charge in [0.15, 0.2) is 5.65 Å². The molecule has 0 radical (unpaired) electrons. The molecule has 6 rings (SSSR count). The van der Waals surface area contributed by atoms with E-state index in [4.69, 9.17) is 10.1 Å². The Balaban J connectivity index is 1.35. The van der Waals surface area contributed by atoms with Gasteiger partial charge in [0.05, 0.1) is 29.9 Å². The van der Waals surface area contributed by atoms with Crippen LogP contribution in [0.15, 0.2) is 79.1 Å². The van der Waals surface area contributed by atoms with Crippen molar-refractivity contribution < 1.29 is 12.8 Å². The van der Waals surface area contributed by atoms with E-state index in [9.17, 15) is 12.8 Å². The van der Waals surface area contributed by atoms with E-state index in [0.717, 1.165) is 37.0 Å². The normalized spacial score (nSPS) is 15.7. The van der Waals surface area contributed by atoms with Crippen LogP contribution in [0.5, 0.6) is 0 Å². The third kappa shape index (κ3) is 4.80. The summed E-state index contributed by atoms with van der Waals surface area (Å²) in [6.07, 6.45) is 6.25. The van der Waals surface area contributed by atoms with E-state index in [1.807, 2.05) is 36.4 Å². The summed E-state index contributed by atoms with van der Waals surface area (Å²) < 4.78 is 41.3. The number of halogens is 1. The van der Waals surface area contributed by atoms with Crippen LogP contribution in [0.3, 0.4) is 0 Å². The molecule has 5 aromatic rings. The summed E-state index contributed by atoms with van der Waals surface area (Å²) in [4.78, 5) is 15.6. The van der Waals surface area contributed by atoms with E-state index < -0.39 is 10.0 Å². The molecule has 1 fully saturated rings. The fourth-order valence-corrected chi connectivity index (χ4v) is 5.36. The Morgan fingerprint density at radius 3 is 2.68 bits per heavy atom. The number of fused-ring (bicyclic) bond motifs is 1. The molecule has 1 aliphatic rings. The first-order valence-corrected chi connectivity index (χ1v) is 14.0. The predicted octanol–water partition coefficient (Wildman–Crippen LogP) is 4.71. The van der Waals surface area contributed by atoms with Crippen molar-refractivity contribution in [3.05, 3.63) is 90.5 Å². The van der Waals surface area contributed by atoms with E-state index in [2.05, 4.69) is 19.6 Å². The summed E-state index contributed by atoms with van der Waals surface area (Å²) >= 11 is 0. The lowest BCUT2D eigenvalue weighted by molar-refractivity contribution is 0.606. The number of benzene rings is 1. The fraction of sp³-hybridized carbons (Fsp3) is 0.185. The zero-order chi connectivity index (χ0) is 26.3. The van der Waals surface area contributed by atoms with Gasteiger partial charge < -0.3 is 4.90 Å². The summed E-state index contributed by atoms with van der Waals surface area (Å²) in [5, 5.41) is 4.91. The molecular formula is C27H24FN7O2S. The topological polar surface area (TPSA) is 105 Å². The highest BCUT2D eigenvalue weighted by molar-refractivity contribution is 7.92. The molecule has 1 saturated heterocycles. The average Bonchev–Trinajstić information content (AvgIpc) is 3.55. The van der Waals surface area contributed by atoms with Crippen LogP contribution in [0.2, 0.25) is 0 Å². The minimum absolute atomic E-state index is 0.0468. The van der Waals surface area contributed by atoms with Crippen molar-refractivity contribution in [2.24, 2.45) is 0 Å². The summed E-state index contributed by atoms with van der Waals surface area (Å²) in [5.74, 6) is 0.760. The number of sulfonamides is 1. The molecule has 9 nitrogen and oxygen atoms in total. The molecule has 0 spiro atoms. The average molecular weight is 530 g/mol. The van der Waals surface area contributed by atoms with Gasteiger partial charge in [0.2, 0.25) is 10.0 Å². The van der Waals surface area contributed by atoms with Gasteiger partial charge in [-0.05, 0) is 66.9 Å². The van der Waals surface area contributed by atoms with Crippen LogP contribution in [0.1, 0.15) is 24.4 Å². The van der Waals surface area contributed by atoms with Crippen molar-refractivity contribution >= 4 is 27.3 Å². The Kier molecular flexibility index (Phi) is 5.99. The zero-order valence-corrected chi connectivity index (χ0v) is 21.3. The Hall–Kier alpha value is -4.38. The van der Waals surface area contributed by atoms with Crippen LogP contribution in [-0.4, -0.2) is 45.8 Å². The second kappa shape index (κ2) is 9.49. The summed E-state index contributed by atoms with van der Waals surface area (Å²) in [7, 11) is -3.45. The Morgan fingerprint density at radius 2 is 1.84 bits per heavy atom. The van der Waals surface area contributed by atoms with E-state index in [0.29, 0.717) is 28.3 Å². The van der Waals surface area contributed by atoms with Crippen molar-refractivity contribution in [2.45, 2.75) is 18.9 Å². The smallest absolute Gasteiger partial charge is 0.230 e. The molecule has 1 aliphatic heterocycles. The number of imidazole rings is 1. The first-order chi connectivity index (χ1) is 18.3. The minimum Gasteiger partial charge on any atom is -0.348 e. The standard InChI is InChI=1S/C27H24FN7O2S/c1-38(36,37)33-25-16-18(12-13-29-25)21-7-3-8-22(31-21)24-17-30-26-10-11-27(32-35(24)26)34-14-4-9-23(34)19-5-2-6-20(28)15-19/h2-3,5-8,10-13,15-17,23H,4,9,14H2,1H3,(H,29,33)/t23-/m1/s1. The maximum atomic E-state index is 13.9. The summed E-state index contributed by atoms with van der Waals surface area (Å²) in [6.45, 7) is 0.823. The number of hydrogen-bond donors (Lipinski definition) is 1. The monoisotopic (exact) mass is 529 g/mol. The highest BCUT2D eigenvalue weighted by atomic mass is 32.2. The van der Waals surface area contributed by atoms with Crippen molar-refractivity contribution in [1.82, 2.24) is 24.6 Å². The van der Waals surface area contributed by atoms with Gasteiger partial charge in [0.25, 0.3) is 0 Å². The molecule has 0 saturated carbocycles. The molecule has 0 aliphatic carbocycles. The number of hydrogen-bond acceptors (Lipinski definition) is 7. The van der Waals surface area contributed by atoms with E-state index in [1.165, 1.54) is 12.3 Å². The summed E-state index contributed by atoms with van der Waals surface area (Å²) in [6, 6.07) is 19.7. The molecule has 38 heavy (non-hydrogen) atoms. The molecule has 5 heterocycles. The zero-order valence-electron chi connectivity index (χ0n) is 20.5. The Morgan fingerprint density at radius 1 is 1.00 bits per heavy atom. The van der Waals surface area contributed by atoms with Gasteiger partial charge in [-0.3, -0.25) is 4.72 Å². The molecular weight excluding hydrogens is 505 g/mol. The molecule has 0 unspecified atom stereocenters. The van der Waals surface area contributed by atoms with E-state index in [1.54, 1.807) is 35.0 Å². The molecule has 192 valence electrons. The molecule has 4 aromatic heterocycles. The number of nitrogens with zero attached hydrogens (tertiary/aromatic N) is 6. The van der Waals surface area contributed by atoms with Crippen LogP contribution in [0.25, 0.3) is 28.3 Å². The maximum Gasteiger partial charge on any atom is 0.230 e. The van der Waals surface area contributed by atoms with Gasteiger partial charge in [-0.2, -0.15) is 0 Å². The summed E-state index contributed by atoms with van der Waals surface area (Å²) in [5.41, 5.74) is 4.36.